The summed E-state index contributed by atoms with van der Waals surface area (Å²) in [6, 6.07) is 13.9. The van der Waals surface area contributed by atoms with Crippen molar-refractivity contribution >= 4 is 33.6 Å². The van der Waals surface area contributed by atoms with Gasteiger partial charge in [0.05, 0.1) is 18.4 Å². The Morgan fingerprint density at radius 1 is 1.12 bits per heavy atom. The van der Waals surface area contributed by atoms with Crippen molar-refractivity contribution in [3.8, 4) is 0 Å². The van der Waals surface area contributed by atoms with Gasteiger partial charge in [-0.25, -0.2) is 0 Å². The van der Waals surface area contributed by atoms with Crippen molar-refractivity contribution in [3.63, 3.8) is 0 Å². The number of amides is 1. The normalized spacial score (nSPS) is 15.8. The number of carboxylic acid groups (broad SMARTS) is 1. The van der Waals surface area contributed by atoms with Crippen LogP contribution in [0.15, 0.2) is 46.9 Å². The van der Waals surface area contributed by atoms with Crippen LogP contribution in [0, 0.1) is 0 Å². The first-order valence-corrected chi connectivity index (χ1v) is 8.48. The van der Waals surface area contributed by atoms with Gasteiger partial charge < -0.3 is 14.8 Å². The van der Waals surface area contributed by atoms with Crippen LogP contribution in [-0.4, -0.2) is 22.5 Å². The Balaban J connectivity index is 1.55. The predicted octanol–water partition coefficient (Wildman–Crippen LogP) is 3.64. The van der Waals surface area contributed by atoms with Gasteiger partial charge in [0.25, 0.3) is 0 Å². The highest BCUT2D eigenvalue weighted by atomic mass is 16.4. The van der Waals surface area contributed by atoms with Crippen LogP contribution >= 0.6 is 0 Å². The van der Waals surface area contributed by atoms with Crippen molar-refractivity contribution < 1.29 is 19.1 Å². The summed E-state index contributed by atoms with van der Waals surface area (Å²) in [4.78, 5) is 23.4. The molecule has 1 saturated carbocycles. The highest BCUT2D eigenvalue weighted by molar-refractivity contribution is 6.06. The summed E-state index contributed by atoms with van der Waals surface area (Å²) in [5.41, 5.74) is 0.173. The van der Waals surface area contributed by atoms with E-state index in [2.05, 4.69) is 5.32 Å². The molecule has 5 nitrogen and oxygen atoms in total. The zero-order chi connectivity index (χ0) is 17.4. The van der Waals surface area contributed by atoms with Crippen molar-refractivity contribution in [3.05, 3.63) is 48.2 Å². The Labute approximate surface area is 144 Å². The number of aliphatic carboxylic acids is 1. The van der Waals surface area contributed by atoms with Crippen molar-refractivity contribution in [2.45, 2.75) is 37.6 Å². The van der Waals surface area contributed by atoms with Crippen LogP contribution in [0.3, 0.4) is 0 Å². The SMILES string of the molecule is O=C(O)CC1(NC(=O)Cc2cc3c(ccc4ccccc43)o2)CCC1. The summed E-state index contributed by atoms with van der Waals surface area (Å²) in [6.45, 7) is 0. The summed E-state index contributed by atoms with van der Waals surface area (Å²) < 4.78 is 5.82. The second-order valence-corrected chi connectivity index (χ2v) is 6.84. The quantitative estimate of drug-likeness (QED) is 0.745. The lowest BCUT2D eigenvalue weighted by atomic mass is 9.74. The Morgan fingerprint density at radius 3 is 2.64 bits per heavy atom. The van der Waals surface area contributed by atoms with Gasteiger partial charge in [0.2, 0.25) is 5.91 Å². The number of hydrogen-bond acceptors (Lipinski definition) is 3. The van der Waals surface area contributed by atoms with Gasteiger partial charge in [0.15, 0.2) is 0 Å². The molecular formula is C20H19NO4. The molecule has 4 rings (SSSR count). The van der Waals surface area contributed by atoms with E-state index < -0.39 is 11.5 Å². The summed E-state index contributed by atoms with van der Waals surface area (Å²) in [5.74, 6) is -0.479. The number of fused-ring (bicyclic) bond motifs is 3. The molecule has 0 unspecified atom stereocenters. The summed E-state index contributed by atoms with van der Waals surface area (Å²) >= 11 is 0. The third kappa shape index (κ3) is 2.97. The van der Waals surface area contributed by atoms with Gasteiger partial charge in [-0.1, -0.05) is 30.3 Å². The standard InChI is InChI=1S/C20H19NO4/c22-18(21-20(8-3-9-20)12-19(23)24)11-14-10-16-15-5-2-1-4-13(15)6-7-17(16)25-14/h1-2,4-7,10H,3,8-9,11-12H2,(H,21,22)(H,23,24). The van der Waals surface area contributed by atoms with Crippen molar-refractivity contribution in [2.75, 3.05) is 0 Å². The van der Waals surface area contributed by atoms with Crippen LogP contribution in [-0.2, 0) is 16.0 Å². The number of rotatable bonds is 5. The molecule has 1 fully saturated rings. The van der Waals surface area contributed by atoms with E-state index in [1.54, 1.807) is 0 Å². The lowest BCUT2D eigenvalue weighted by molar-refractivity contribution is -0.140. The lowest BCUT2D eigenvalue weighted by Crippen LogP contribution is -2.55. The van der Waals surface area contributed by atoms with Gasteiger partial charge in [-0.3, -0.25) is 9.59 Å². The summed E-state index contributed by atoms with van der Waals surface area (Å²) in [5, 5.41) is 15.2. The van der Waals surface area contributed by atoms with Gasteiger partial charge in [-0.15, -0.1) is 0 Å². The molecule has 1 heterocycles. The molecule has 25 heavy (non-hydrogen) atoms. The number of carboxylic acids is 1. The number of carbonyl (C=O) groups excluding carboxylic acids is 1. The second kappa shape index (κ2) is 5.92. The van der Waals surface area contributed by atoms with Gasteiger partial charge in [0.1, 0.15) is 11.3 Å². The zero-order valence-electron chi connectivity index (χ0n) is 13.7. The molecule has 5 heteroatoms. The highest BCUT2D eigenvalue weighted by Crippen LogP contribution is 2.35. The van der Waals surface area contributed by atoms with Gasteiger partial charge >= 0.3 is 5.97 Å². The molecule has 0 saturated heterocycles. The van der Waals surface area contributed by atoms with Crippen molar-refractivity contribution in [1.82, 2.24) is 5.32 Å². The molecular weight excluding hydrogens is 318 g/mol. The monoisotopic (exact) mass is 337 g/mol. The largest absolute Gasteiger partial charge is 0.481 e. The van der Waals surface area contributed by atoms with E-state index in [-0.39, 0.29) is 18.7 Å². The maximum absolute atomic E-state index is 12.4. The third-order valence-electron chi connectivity index (χ3n) is 5.02. The highest BCUT2D eigenvalue weighted by Gasteiger charge is 2.40. The van der Waals surface area contributed by atoms with Crippen LogP contribution in [0.1, 0.15) is 31.4 Å². The molecule has 2 aromatic carbocycles. The molecule has 3 aromatic rings. The van der Waals surface area contributed by atoms with Crippen LogP contribution in [0.25, 0.3) is 21.7 Å². The van der Waals surface area contributed by atoms with E-state index in [1.165, 1.54) is 0 Å². The van der Waals surface area contributed by atoms with Crippen LogP contribution in [0.5, 0.6) is 0 Å². The van der Waals surface area contributed by atoms with Crippen LogP contribution < -0.4 is 5.32 Å². The van der Waals surface area contributed by atoms with E-state index in [0.29, 0.717) is 5.76 Å². The number of benzene rings is 2. The molecule has 1 aromatic heterocycles. The summed E-state index contributed by atoms with van der Waals surface area (Å²) in [7, 11) is 0. The third-order valence-corrected chi connectivity index (χ3v) is 5.02. The molecule has 128 valence electrons. The zero-order valence-corrected chi connectivity index (χ0v) is 13.7. The van der Waals surface area contributed by atoms with Crippen molar-refractivity contribution in [2.24, 2.45) is 0 Å². The maximum Gasteiger partial charge on any atom is 0.305 e. The number of hydrogen-bond donors (Lipinski definition) is 2. The average Bonchev–Trinajstić information content (AvgIpc) is 2.95. The van der Waals surface area contributed by atoms with Crippen molar-refractivity contribution in [1.29, 1.82) is 0 Å². The fourth-order valence-electron chi connectivity index (χ4n) is 3.67. The first-order chi connectivity index (χ1) is 12.0. The molecule has 0 spiro atoms. The predicted molar refractivity (Wildman–Crippen MR) is 94.4 cm³/mol. The van der Waals surface area contributed by atoms with Gasteiger partial charge in [0, 0.05) is 5.39 Å². The minimum Gasteiger partial charge on any atom is -0.481 e. The smallest absolute Gasteiger partial charge is 0.305 e. The minimum absolute atomic E-state index is 0.0243. The van der Waals surface area contributed by atoms with Gasteiger partial charge in [-0.05, 0) is 42.2 Å². The van der Waals surface area contributed by atoms with Crippen LogP contribution in [0.4, 0.5) is 0 Å². The maximum atomic E-state index is 12.4. The summed E-state index contributed by atoms with van der Waals surface area (Å²) in [6.07, 6.45) is 2.48. The Kier molecular flexibility index (Phi) is 3.71. The Morgan fingerprint density at radius 2 is 1.92 bits per heavy atom. The average molecular weight is 337 g/mol. The van der Waals surface area contributed by atoms with Gasteiger partial charge in [-0.2, -0.15) is 0 Å². The Bertz CT molecular complexity index is 968. The van der Waals surface area contributed by atoms with Crippen LogP contribution in [0.2, 0.25) is 0 Å². The molecule has 0 aliphatic heterocycles. The van der Waals surface area contributed by atoms with E-state index in [1.807, 2.05) is 42.5 Å². The van der Waals surface area contributed by atoms with E-state index >= 15 is 0 Å². The fraction of sp³-hybridized carbons (Fsp3) is 0.300. The molecule has 0 radical (unpaired) electrons. The van der Waals surface area contributed by atoms with E-state index in [9.17, 15) is 9.59 Å². The molecule has 1 amide bonds. The molecule has 2 N–H and O–H groups in total. The number of carbonyl (C=O) groups is 2. The Hall–Kier alpha value is -2.82. The first-order valence-electron chi connectivity index (χ1n) is 8.48. The van der Waals surface area contributed by atoms with E-state index in [0.717, 1.165) is 41.0 Å². The minimum atomic E-state index is -0.879. The lowest BCUT2D eigenvalue weighted by Gasteiger charge is -2.41. The first kappa shape index (κ1) is 15.7. The van der Waals surface area contributed by atoms with E-state index in [4.69, 9.17) is 9.52 Å². The molecule has 0 atom stereocenters. The fourth-order valence-corrected chi connectivity index (χ4v) is 3.67. The molecule has 1 aliphatic rings. The second-order valence-electron chi connectivity index (χ2n) is 6.84. The number of nitrogens with one attached hydrogen (secondary N) is 1. The topological polar surface area (TPSA) is 79.5 Å². The number of furan rings is 1. The molecule has 1 aliphatic carbocycles. The molecule has 0 bridgehead atoms.